The molecule has 2 aliphatic heterocycles. The fourth-order valence-electron chi connectivity index (χ4n) is 2.85. The maximum absolute atomic E-state index is 12.4. The van der Waals surface area contributed by atoms with Crippen molar-refractivity contribution >= 4 is 22.4 Å². The zero-order valence-corrected chi connectivity index (χ0v) is 12.0. The second-order valence-electron chi connectivity index (χ2n) is 5.32. The van der Waals surface area contributed by atoms with Gasteiger partial charge in [-0.25, -0.2) is 4.98 Å². The van der Waals surface area contributed by atoms with E-state index in [1.54, 1.807) is 11.3 Å². The molecule has 1 N–H and O–H groups in total. The normalized spacial score (nSPS) is 27.8. The summed E-state index contributed by atoms with van der Waals surface area (Å²) in [5, 5.41) is 6.39. The average molecular weight is 280 g/mol. The Bertz CT molecular complexity index is 428. The lowest BCUT2D eigenvalue weighted by Gasteiger charge is -2.36. The van der Waals surface area contributed by atoms with E-state index in [-0.39, 0.29) is 11.9 Å². The Kier molecular flexibility index (Phi) is 3.70. The molecule has 0 aromatic carbocycles. The van der Waals surface area contributed by atoms with Crippen molar-refractivity contribution in [3.8, 4) is 0 Å². The summed E-state index contributed by atoms with van der Waals surface area (Å²) in [7, 11) is 0. The van der Waals surface area contributed by atoms with Gasteiger partial charge in [0, 0.05) is 37.8 Å². The average Bonchev–Trinajstić information content (AvgIpc) is 3.09. The van der Waals surface area contributed by atoms with Gasteiger partial charge in [0.15, 0.2) is 5.13 Å². The van der Waals surface area contributed by atoms with Crippen molar-refractivity contribution in [3.05, 3.63) is 11.6 Å². The first-order valence-electron chi connectivity index (χ1n) is 6.92. The Hall–Kier alpha value is -1.14. The summed E-state index contributed by atoms with van der Waals surface area (Å²) in [6.07, 6.45) is 2.94. The van der Waals surface area contributed by atoms with Crippen molar-refractivity contribution in [1.29, 1.82) is 0 Å². The van der Waals surface area contributed by atoms with Crippen LogP contribution in [0.2, 0.25) is 0 Å². The highest BCUT2D eigenvalue weighted by Crippen LogP contribution is 2.21. The number of carbonyl (C=O) groups excluding carboxylic acids is 1. The van der Waals surface area contributed by atoms with Crippen LogP contribution in [-0.2, 0) is 4.79 Å². The maximum Gasteiger partial charge on any atom is 0.240 e. The summed E-state index contributed by atoms with van der Waals surface area (Å²) in [5.41, 5.74) is 0. The van der Waals surface area contributed by atoms with Gasteiger partial charge < -0.3 is 15.1 Å². The fourth-order valence-corrected chi connectivity index (χ4v) is 3.55. The number of nitrogens with zero attached hydrogens (tertiary/aromatic N) is 3. The van der Waals surface area contributed by atoms with Crippen molar-refractivity contribution in [1.82, 2.24) is 15.2 Å². The molecule has 1 amide bonds. The van der Waals surface area contributed by atoms with Gasteiger partial charge in [-0.15, -0.1) is 11.3 Å². The molecule has 2 saturated heterocycles. The molecule has 19 heavy (non-hydrogen) atoms. The summed E-state index contributed by atoms with van der Waals surface area (Å²) in [6, 6.07) is 0.0337. The molecule has 2 fully saturated rings. The van der Waals surface area contributed by atoms with Gasteiger partial charge in [-0.05, 0) is 18.9 Å². The number of carbonyl (C=O) groups is 1. The van der Waals surface area contributed by atoms with Crippen LogP contribution < -0.4 is 10.2 Å². The highest BCUT2D eigenvalue weighted by atomic mass is 32.1. The lowest BCUT2D eigenvalue weighted by Crippen LogP contribution is -2.54. The minimum atomic E-state index is 0.0337. The number of rotatable bonds is 2. The summed E-state index contributed by atoms with van der Waals surface area (Å²) in [4.78, 5) is 21.0. The molecule has 3 rings (SSSR count). The first-order valence-corrected chi connectivity index (χ1v) is 7.80. The molecule has 1 aromatic heterocycles. The van der Waals surface area contributed by atoms with Crippen LogP contribution in [0.25, 0.3) is 0 Å². The quantitative estimate of drug-likeness (QED) is 0.870. The number of anilines is 1. The molecule has 1 aromatic rings. The Balaban J connectivity index is 1.56. The van der Waals surface area contributed by atoms with Crippen LogP contribution in [0.15, 0.2) is 11.6 Å². The van der Waals surface area contributed by atoms with Crippen molar-refractivity contribution in [2.24, 2.45) is 5.92 Å². The van der Waals surface area contributed by atoms with Crippen LogP contribution in [0.5, 0.6) is 0 Å². The minimum Gasteiger partial charge on any atom is -0.345 e. The monoisotopic (exact) mass is 280 g/mol. The number of aromatic nitrogens is 1. The largest absolute Gasteiger partial charge is 0.345 e. The first kappa shape index (κ1) is 12.9. The smallest absolute Gasteiger partial charge is 0.240 e. The zero-order valence-electron chi connectivity index (χ0n) is 11.2. The predicted molar refractivity (Wildman–Crippen MR) is 76.5 cm³/mol. The van der Waals surface area contributed by atoms with Gasteiger partial charge in [-0.1, -0.05) is 6.92 Å². The van der Waals surface area contributed by atoms with Crippen LogP contribution in [0.1, 0.15) is 13.3 Å². The van der Waals surface area contributed by atoms with Crippen molar-refractivity contribution in [3.63, 3.8) is 0 Å². The third kappa shape index (κ3) is 2.60. The van der Waals surface area contributed by atoms with Crippen LogP contribution >= 0.6 is 11.3 Å². The zero-order chi connectivity index (χ0) is 13.2. The molecule has 0 bridgehead atoms. The van der Waals surface area contributed by atoms with Gasteiger partial charge in [0.05, 0.1) is 6.04 Å². The molecular formula is C13H20N4OS. The molecule has 2 unspecified atom stereocenters. The standard InChI is InChI=1S/C13H20N4OS/c1-10-2-3-14-11(10)12(18)16-5-7-17(8-6-16)13-15-4-9-19-13/h4,9-11,14H,2-3,5-8H2,1H3. The fraction of sp³-hybridized carbons (Fsp3) is 0.692. The molecule has 5 nitrogen and oxygen atoms in total. The SMILES string of the molecule is CC1CCNC1C(=O)N1CCN(c2nccs2)CC1. The van der Waals surface area contributed by atoms with E-state index in [2.05, 4.69) is 22.1 Å². The van der Waals surface area contributed by atoms with E-state index < -0.39 is 0 Å². The number of hydrogen-bond acceptors (Lipinski definition) is 5. The summed E-state index contributed by atoms with van der Waals surface area (Å²) < 4.78 is 0. The van der Waals surface area contributed by atoms with E-state index in [1.165, 1.54) is 0 Å². The summed E-state index contributed by atoms with van der Waals surface area (Å²) in [6.45, 7) is 6.53. The Morgan fingerprint density at radius 3 is 2.79 bits per heavy atom. The molecule has 2 aliphatic rings. The van der Waals surface area contributed by atoms with Crippen molar-refractivity contribution in [2.45, 2.75) is 19.4 Å². The Morgan fingerprint density at radius 2 is 2.21 bits per heavy atom. The van der Waals surface area contributed by atoms with Gasteiger partial charge in [0.1, 0.15) is 0 Å². The van der Waals surface area contributed by atoms with Gasteiger partial charge in [-0.2, -0.15) is 0 Å². The van der Waals surface area contributed by atoms with E-state index in [0.29, 0.717) is 5.92 Å². The van der Waals surface area contributed by atoms with Gasteiger partial charge in [-0.3, -0.25) is 4.79 Å². The highest BCUT2D eigenvalue weighted by Gasteiger charge is 2.33. The second kappa shape index (κ2) is 5.46. The van der Waals surface area contributed by atoms with Crippen molar-refractivity contribution < 1.29 is 4.79 Å². The van der Waals surface area contributed by atoms with E-state index in [0.717, 1.165) is 44.3 Å². The summed E-state index contributed by atoms with van der Waals surface area (Å²) in [5.74, 6) is 0.744. The molecule has 3 heterocycles. The van der Waals surface area contributed by atoms with E-state index in [4.69, 9.17) is 0 Å². The molecule has 0 spiro atoms. The minimum absolute atomic E-state index is 0.0337. The molecule has 0 aliphatic carbocycles. The van der Waals surface area contributed by atoms with Crippen LogP contribution in [0.3, 0.4) is 0 Å². The number of thiazole rings is 1. The lowest BCUT2D eigenvalue weighted by atomic mass is 10.0. The lowest BCUT2D eigenvalue weighted by molar-refractivity contribution is -0.134. The highest BCUT2D eigenvalue weighted by molar-refractivity contribution is 7.13. The second-order valence-corrected chi connectivity index (χ2v) is 6.20. The number of nitrogens with one attached hydrogen (secondary N) is 1. The molecular weight excluding hydrogens is 260 g/mol. The van der Waals surface area contributed by atoms with E-state index >= 15 is 0 Å². The van der Waals surface area contributed by atoms with Crippen LogP contribution in [0.4, 0.5) is 5.13 Å². The topological polar surface area (TPSA) is 48.5 Å². The summed E-state index contributed by atoms with van der Waals surface area (Å²) >= 11 is 1.66. The van der Waals surface area contributed by atoms with E-state index in [9.17, 15) is 4.79 Å². The maximum atomic E-state index is 12.4. The molecule has 0 saturated carbocycles. The molecule has 0 radical (unpaired) electrons. The van der Waals surface area contributed by atoms with Crippen molar-refractivity contribution in [2.75, 3.05) is 37.6 Å². The number of amides is 1. The van der Waals surface area contributed by atoms with Gasteiger partial charge in [0.25, 0.3) is 0 Å². The van der Waals surface area contributed by atoms with Gasteiger partial charge >= 0.3 is 0 Å². The molecule has 6 heteroatoms. The Labute approximate surface area is 117 Å². The third-order valence-electron chi connectivity index (χ3n) is 4.08. The number of piperazine rings is 1. The predicted octanol–water partition coefficient (Wildman–Crippen LogP) is 0.790. The van der Waals surface area contributed by atoms with Crippen LogP contribution in [0, 0.1) is 5.92 Å². The first-order chi connectivity index (χ1) is 9.25. The number of hydrogen-bond donors (Lipinski definition) is 1. The van der Waals surface area contributed by atoms with Gasteiger partial charge in [0.2, 0.25) is 5.91 Å². The molecule has 104 valence electrons. The molecule has 2 atom stereocenters. The Morgan fingerprint density at radius 1 is 1.42 bits per heavy atom. The van der Waals surface area contributed by atoms with E-state index in [1.807, 2.05) is 16.5 Å². The van der Waals surface area contributed by atoms with Crippen LogP contribution in [-0.4, -0.2) is 54.6 Å². The third-order valence-corrected chi connectivity index (χ3v) is 4.91.